The Labute approximate surface area is 550 Å². The van der Waals surface area contributed by atoms with Crippen LogP contribution in [-0.2, 0) is 25.7 Å². The third-order valence-electron chi connectivity index (χ3n) is 17.0. The molecule has 452 valence electrons. The molecule has 8 heterocycles. The highest BCUT2D eigenvalue weighted by atomic mass is 32.1. The summed E-state index contributed by atoms with van der Waals surface area (Å²) < 4.78 is 0. The molecule has 0 N–H and O–H groups in total. The Morgan fingerprint density at radius 1 is 0.244 bits per heavy atom. The molecule has 0 spiro atoms. The lowest BCUT2D eigenvalue weighted by Crippen LogP contribution is -1.86. The average Bonchev–Trinajstić information content (AvgIpc) is 4.18. The maximum atomic E-state index is 2.52. The molecule has 0 fully saturated rings. The number of unbranched alkanes of at least 4 members (excludes halogenated alkanes) is 20. The first-order valence-electron chi connectivity index (χ1n) is 33.2. The number of thiophene rings is 8. The fraction of sp³-hybridized carbons (Fsp3) is 0.410. The Morgan fingerprint density at radius 3 is 0.849 bits per heavy atom. The van der Waals surface area contributed by atoms with Crippen LogP contribution in [0.4, 0.5) is 0 Å². The first-order valence-corrected chi connectivity index (χ1v) is 39.8. The van der Waals surface area contributed by atoms with Crippen molar-refractivity contribution in [1.82, 2.24) is 0 Å². The highest BCUT2D eigenvalue weighted by molar-refractivity contribution is 7.30. The summed E-state index contributed by atoms with van der Waals surface area (Å²) in [5.41, 5.74) is 11.2. The Bertz CT molecular complexity index is 3330. The topological polar surface area (TPSA) is 0 Å². The van der Waals surface area contributed by atoms with Crippen LogP contribution in [0.15, 0.2) is 132 Å². The van der Waals surface area contributed by atoms with E-state index in [0.29, 0.717) is 0 Å². The molecule has 10 aromatic rings. The summed E-state index contributed by atoms with van der Waals surface area (Å²) in [6.07, 6.45) is 41.2. The van der Waals surface area contributed by atoms with E-state index in [1.165, 1.54) is 280 Å². The number of benzene rings is 2. The summed E-state index contributed by atoms with van der Waals surface area (Å²) in [6, 6.07) is 47.5. The van der Waals surface area contributed by atoms with Gasteiger partial charge in [-0.25, -0.2) is 0 Å². The van der Waals surface area contributed by atoms with Crippen molar-refractivity contribution < 1.29 is 0 Å². The van der Waals surface area contributed by atoms with E-state index in [1.807, 2.05) is 90.7 Å². The molecule has 0 atom stereocenters. The fourth-order valence-electron chi connectivity index (χ4n) is 11.9. The van der Waals surface area contributed by atoms with Gasteiger partial charge in [-0.05, 0) is 179 Å². The molecule has 0 aliphatic heterocycles. The minimum absolute atomic E-state index is 1.14. The summed E-state index contributed by atoms with van der Waals surface area (Å²) in [5.74, 6) is 0. The molecule has 0 radical (unpaired) electrons. The quantitative estimate of drug-likeness (QED) is 0.0267. The van der Waals surface area contributed by atoms with Crippen molar-refractivity contribution in [2.45, 2.75) is 207 Å². The van der Waals surface area contributed by atoms with Gasteiger partial charge >= 0.3 is 0 Å². The molecule has 2 aromatic carbocycles. The van der Waals surface area contributed by atoms with Gasteiger partial charge in [0.25, 0.3) is 0 Å². The molecule has 8 heteroatoms. The van der Waals surface area contributed by atoms with Gasteiger partial charge in [0.15, 0.2) is 0 Å². The van der Waals surface area contributed by atoms with Gasteiger partial charge in [-0.15, -0.1) is 90.7 Å². The molecule has 8 aromatic heterocycles. The predicted molar refractivity (Wildman–Crippen MR) is 397 cm³/mol. The van der Waals surface area contributed by atoms with E-state index >= 15 is 0 Å². The van der Waals surface area contributed by atoms with Crippen LogP contribution in [0, 0.1) is 0 Å². The number of aryl methyl sites for hydroxylation is 4. The molecule has 0 saturated heterocycles. The normalized spacial score (nSPS) is 11.8. The van der Waals surface area contributed by atoms with Crippen LogP contribution in [0.5, 0.6) is 0 Å². The van der Waals surface area contributed by atoms with E-state index < -0.39 is 0 Å². The van der Waals surface area contributed by atoms with E-state index in [0.717, 1.165) is 12.8 Å². The van der Waals surface area contributed by atoms with E-state index in [-0.39, 0.29) is 0 Å². The molecule has 0 aliphatic carbocycles. The summed E-state index contributed by atoms with van der Waals surface area (Å²) in [4.78, 5) is 19.9. The summed E-state index contributed by atoms with van der Waals surface area (Å²) in [5, 5.41) is 4.61. The van der Waals surface area contributed by atoms with Gasteiger partial charge in [-0.3, -0.25) is 0 Å². The van der Waals surface area contributed by atoms with E-state index in [9.17, 15) is 0 Å². The Morgan fingerprint density at radius 2 is 0.523 bits per heavy atom. The van der Waals surface area contributed by atoms with Crippen molar-refractivity contribution >= 4 is 103 Å². The molecule has 86 heavy (non-hydrogen) atoms. The molecule has 0 aliphatic rings. The Hall–Kier alpha value is -4.22. The zero-order valence-electron chi connectivity index (χ0n) is 51.9. The van der Waals surface area contributed by atoms with Gasteiger partial charge in [0.05, 0.1) is 0 Å². The van der Waals surface area contributed by atoms with Gasteiger partial charge in [-0.2, -0.15) is 0 Å². The summed E-state index contributed by atoms with van der Waals surface area (Å²) >= 11 is 15.7. The van der Waals surface area contributed by atoms with Crippen LogP contribution in [-0.4, -0.2) is 0 Å². The molecule has 0 unspecified atom stereocenters. The van der Waals surface area contributed by atoms with Crippen molar-refractivity contribution in [3.8, 4) is 79.4 Å². The maximum absolute atomic E-state index is 2.52. The minimum Gasteiger partial charge on any atom is -0.143 e. The van der Waals surface area contributed by atoms with Crippen molar-refractivity contribution in [2.24, 2.45) is 0 Å². The highest BCUT2D eigenvalue weighted by Crippen LogP contribution is 2.49. The predicted octanol–water partition coefficient (Wildman–Crippen LogP) is 29.3. The standard InChI is InChI=1S/C78H92S8/c1-5-9-13-17-21-25-29-61-51-53-79-75(61)69-47-43-65(81-69)67-45-49-71(83-67)77-63(31-27-23-19-15-11-7-3)55-73(85-77)59-39-35-57(36-40-59)33-34-58-37-41-60(42-38-58)74-56-64(32-28-24-20-16-12-8-4)78(86-74)72-50-46-68(84-72)66-44-48-70(82-66)76-62(52-54-80-76)30-26-22-18-14-10-6-2/h33-56H,5-32H2,1-4H3. The zero-order valence-corrected chi connectivity index (χ0v) is 58.5. The molecule has 0 bridgehead atoms. The first-order chi connectivity index (χ1) is 42.5. The van der Waals surface area contributed by atoms with Crippen molar-refractivity contribution in [2.75, 3.05) is 0 Å². The van der Waals surface area contributed by atoms with Crippen molar-refractivity contribution in [1.29, 1.82) is 0 Å². The van der Waals surface area contributed by atoms with Crippen LogP contribution >= 0.6 is 90.7 Å². The Balaban J connectivity index is 0.800. The number of hydrogen-bond acceptors (Lipinski definition) is 8. The fourth-order valence-corrected chi connectivity index (χ4v) is 21.1. The highest BCUT2D eigenvalue weighted by Gasteiger charge is 2.20. The molecule has 0 saturated carbocycles. The van der Waals surface area contributed by atoms with Gasteiger partial charge in [0, 0.05) is 68.3 Å². The molecule has 0 nitrogen and oxygen atoms in total. The number of rotatable bonds is 38. The van der Waals surface area contributed by atoms with E-state index in [4.69, 9.17) is 0 Å². The van der Waals surface area contributed by atoms with Crippen LogP contribution in [0.1, 0.15) is 215 Å². The molecule has 10 rings (SSSR count). The van der Waals surface area contributed by atoms with Crippen LogP contribution in [0.25, 0.3) is 91.6 Å². The van der Waals surface area contributed by atoms with Gasteiger partial charge in [0.2, 0.25) is 0 Å². The zero-order chi connectivity index (χ0) is 59.1. The summed E-state index contributed by atoms with van der Waals surface area (Å²) in [7, 11) is 0. The molecule has 0 amide bonds. The number of hydrogen-bond donors (Lipinski definition) is 0. The first kappa shape index (κ1) is 64.8. The third kappa shape index (κ3) is 18.2. The van der Waals surface area contributed by atoms with Gasteiger partial charge < -0.3 is 0 Å². The van der Waals surface area contributed by atoms with Crippen molar-refractivity contribution in [3.63, 3.8) is 0 Å². The largest absolute Gasteiger partial charge is 0.143 e. The lowest BCUT2D eigenvalue weighted by Gasteiger charge is -2.03. The van der Waals surface area contributed by atoms with Crippen LogP contribution in [0.3, 0.4) is 0 Å². The molecular formula is C78H92S8. The van der Waals surface area contributed by atoms with Crippen LogP contribution < -0.4 is 0 Å². The minimum atomic E-state index is 1.14. The average molecular weight is 1290 g/mol. The monoisotopic (exact) mass is 1280 g/mol. The Kier molecular flexibility index (Phi) is 26.1. The van der Waals surface area contributed by atoms with E-state index in [1.54, 1.807) is 0 Å². The smallest absolute Gasteiger partial charge is 0.0481 e. The lowest BCUT2D eigenvalue weighted by atomic mass is 10.0. The lowest BCUT2D eigenvalue weighted by molar-refractivity contribution is 0.608. The molecular weight excluding hydrogens is 1190 g/mol. The SMILES string of the molecule is CCCCCCCCc1ccsc1-c1ccc(-c2ccc(-c3sc(-c4ccc(C=Cc5ccc(-c6cc(CCCCCCCC)c(-c7ccc(-c8ccc(-c9sccc9CCCCCCCC)s8)s7)s6)cc5)cc4)cc3CCCCCCCC)s2)s1. The second-order valence-corrected chi connectivity index (χ2v) is 32.1. The van der Waals surface area contributed by atoms with Crippen LogP contribution in [0.2, 0.25) is 0 Å². The second-order valence-electron chi connectivity index (χ2n) is 23.8. The maximum Gasteiger partial charge on any atom is 0.0481 e. The summed E-state index contributed by atoms with van der Waals surface area (Å²) in [6.45, 7) is 9.23. The van der Waals surface area contributed by atoms with Gasteiger partial charge in [0.1, 0.15) is 0 Å². The second kappa shape index (κ2) is 34.7. The van der Waals surface area contributed by atoms with E-state index in [2.05, 4.69) is 172 Å². The third-order valence-corrected chi connectivity index (χ3v) is 26.8. The van der Waals surface area contributed by atoms with Crippen molar-refractivity contribution in [3.05, 3.63) is 165 Å². The van der Waals surface area contributed by atoms with Gasteiger partial charge in [-0.1, -0.05) is 217 Å².